The van der Waals surface area contributed by atoms with E-state index in [0.717, 1.165) is 18.9 Å². The largest absolute Gasteiger partial charge is 0.313 e. The maximum absolute atomic E-state index is 4.36. The third kappa shape index (κ3) is 1.92. The molecule has 0 amide bonds. The molecule has 0 radical (unpaired) electrons. The molecule has 1 aromatic heterocycles. The molecule has 1 aromatic rings. The topological polar surface area (TPSA) is 24.9 Å². The molecule has 3 unspecified atom stereocenters. The molecule has 3 rings (SSSR count). The molecular formula is C15H24N2S. The van der Waals surface area contributed by atoms with Crippen molar-refractivity contribution in [3.8, 4) is 0 Å². The van der Waals surface area contributed by atoms with Crippen LogP contribution in [-0.2, 0) is 6.42 Å². The summed E-state index contributed by atoms with van der Waals surface area (Å²) in [5, 5.41) is 6.01. The maximum Gasteiger partial charge on any atom is 0.0794 e. The Bertz CT molecular complexity index is 407. The first-order chi connectivity index (χ1) is 8.52. The second-order valence-corrected chi connectivity index (χ2v) is 7.75. The summed E-state index contributed by atoms with van der Waals surface area (Å²) in [6.07, 6.45) is 5.34. The molecule has 1 heterocycles. The summed E-state index contributed by atoms with van der Waals surface area (Å²) in [6, 6.07) is 0.683. The van der Waals surface area contributed by atoms with Gasteiger partial charge in [-0.15, -0.1) is 11.3 Å². The van der Waals surface area contributed by atoms with Crippen LogP contribution in [0, 0.1) is 16.7 Å². The molecule has 2 aliphatic rings. The van der Waals surface area contributed by atoms with Gasteiger partial charge in [-0.3, -0.25) is 0 Å². The number of hydrogen-bond acceptors (Lipinski definition) is 3. The van der Waals surface area contributed by atoms with Crippen molar-refractivity contribution >= 4 is 11.3 Å². The predicted octanol–water partition coefficient (Wildman–Crippen LogP) is 3.49. The molecule has 2 aliphatic carbocycles. The Morgan fingerprint density at radius 3 is 2.89 bits per heavy atom. The normalized spacial score (nSPS) is 37.3. The van der Waals surface area contributed by atoms with Crippen LogP contribution in [0.2, 0.25) is 0 Å². The number of fused-ring (bicyclic) bond motifs is 2. The Morgan fingerprint density at radius 2 is 2.28 bits per heavy atom. The molecule has 2 fully saturated rings. The smallest absolute Gasteiger partial charge is 0.0794 e. The first kappa shape index (κ1) is 12.6. The molecule has 0 spiro atoms. The minimum Gasteiger partial charge on any atom is -0.313 e. The Balaban J connectivity index is 1.62. The number of nitrogens with zero attached hydrogens (tertiary/aromatic N) is 1. The molecule has 0 saturated heterocycles. The molecule has 0 aliphatic heterocycles. The Morgan fingerprint density at radius 1 is 1.44 bits per heavy atom. The van der Waals surface area contributed by atoms with Crippen LogP contribution >= 0.6 is 11.3 Å². The second-order valence-electron chi connectivity index (χ2n) is 7.03. The van der Waals surface area contributed by atoms with Gasteiger partial charge < -0.3 is 5.32 Å². The highest BCUT2D eigenvalue weighted by Gasteiger charge is 2.58. The van der Waals surface area contributed by atoms with Crippen LogP contribution < -0.4 is 5.32 Å². The number of hydrogen-bond donors (Lipinski definition) is 1. The molecule has 100 valence electrons. The predicted molar refractivity (Wildman–Crippen MR) is 76.8 cm³/mol. The lowest BCUT2D eigenvalue weighted by Gasteiger charge is -2.43. The summed E-state index contributed by atoms with van der Waals surface area (Å²) >= 11 is 1.69. The van der Waals surface area contributed by atoms with Crippen molar-refractivity contribution in [1.29, 1.82) is 0 Å². The van der Waals surface area contributed by atoms with Gasteiger partial charge in [-0.05, 0) is 36.0 Å². The van der Waals surface area contributed by atoms with Crippen LogP contribution in [0.15, 0.2) is 10.9 Å². The van der Waals surface area contributed by atoms with Crippen molar-refractivity contribution in [3.05, 3.63) is 16.6 Å². The van der Waals surface area contributed by atoms with Crippen LogP contribution in [0.1, 0.15) is 45.7 Å². The van der Waals surface area contributed by atoms with Crippen molar-refractivity contribution in [2.75, 3.05) is 6.54 Å². The van der Waals surface area contributed by atoms with Gasteiger partial charge in [-0.2, -0.15) is 0 Å². The summed E-state index contributed by atoms with van der Waals surface area (Å²) in [7, 11) is 0. The Kier molecular flexibility index (Phi) is 3.02. The van der Waals surface area contributed by atoms with Crippen molar-refractivity contribution in [1.82, 2.24) is 10.3 Å². The standard InChI is InChI=1S/C15H24N2S/c1-14(2)11-4-6-15(3,8-11)13(14)16-7-5-12-9-18-10-17-12/h9-11,13,16H,4-8H2,1-3H3. The third-order valence-electron chi connectivity index (χ3n) is 5.48. The van der Waals surface area contributed by atoms with E-state index in [0.29, 0.717) is 16.9 Å². The first-order valence-electron chi connectivity index (χ1n) is 7.13. The zero-order valence-corrected chi connectivity index (χ0v) is 12.5. The van der Waals surface area contributed by atoms with Crippen molar-refractivity contribution in [2.24, 2.45) is 16.7 Å². The van der Waals surface area contributed by atoms with Crippen molar-refractivity contribution in [3.63, 3.8) is 0 Å². The van der Waals surface area contributed by atoms with Gasteiger partial charge in [0, 0.05) is 24.4 Å². The summed E-state index contributed by atoms with van der Waals surface area (Å²) in [5.74, 6) is 0.930. The average molecular weight is 264 g/mol. The Hall–Kier alpha value is -0.410. The molecule has 2 bridgehead atoms. The van der Waals surface area contributed by atoms with Gasteiger partial charge in [0.05, 0.1) is 11.2 Å². The van der Waals surface area contributed by atoms with Gasteiger partial charge in [-0.25, -0.2) is 4.98 Å². The zero-order valence-electron chi connectivity index (χ0n) is 11.7. The number of aromatic nitrogens is 1. The van der Waals surface area contributed by atoms with Gasteiger partial charge >= 0.3 is 0 Å². The van der Waals surface area contributed by atoms with E-state index in [1.54, 1.807) is 11.3 Å². The van der Waals surface area contributed by atoms with Crippen LogP contribution in [0.25, 0.3) is 0 Å². The SMILES string of the molecule is CC12CCC(C1)C(C)(C)C2NCCc1cscn1. The summed E-state index contributed by atoms with van der Waals surface area (Å²) in [6.45, 7) is 8.48. The van der Waals surface area contributed by atoms with Gasteiger partial charge in [0.15, 0.2) is 0 Å². The summed E-state index contributed by atoms with van der Waals surface area (Å²) in [4.78, 5) is 4.36. The molecule has 2 saturated carbocycles. The number of nitrogens with one attached hydrogen (secondary N) is 1. The van der Waals surface area contributed by atoms with Gasteiger partial charge in [0.1, 0.15) is 0 Å². The van der Waals surface area contributed by atoms with Gasteiger partial charge in [-0.1, -0.05) is 20.8 Å². The molecule has 3 atom stereocenters. The zero-order chi connectivity index (χ0) is 12.8. The molecule has 3 heteroatoms. The van der Waals surface area contributed by atoms with E-state index in [1.165, 1.54) is 25.0 Å². The number of thiazole rings is 1. The molecule has 1 N–H and O–H groups in total. The van der Waals surface area contributed by atoms with Crippen molar-refractivity contribution < 1.29 is 0 Å². The Labute approximate surface area is 114 Å². The minimum atomic E-state index is 0.467. The van der Waals surface area contributed by atoms with Gasteiger partial charge in [0.25, 0.3) is 0 Å². The minimum absolute atomic E-state index is 0.467. The highest BCUT2D eigenvalue weighted by Crippen LogP contribution is 2.62. The highest BCUT2D eigenvalue weighted by atomic mass is 32.1. The van der Waals surface area contributed by atoms with Crippen LogP contribution in [0.3, 0.4) is 0 Å². The average Bonchev–Trinajstić information content (AvgIpc) is 2.96. The first-order valence-corrected chi connectivity index (χ1v) is 8.07. The molecule has 18 heavy (non-hydrogen) atoms. The molecular weight excluding hydrogens is 240 g/mol. The molecule has 0 aromatic carbocycles. The van der Waals surface area contributed by atoms with E-state index in [9.17, 15) is 0 Å². The maximum atomic E-state index is 4.36. The fraction of sp³-hybridized carbons (Fsp3) is 0.800. The van der Waals surface area contributed by atoms with Gasteiger partial charge in [0.2, 0.25) is 0 Å². The van der Waals surface area contributed by atoms with Crippen LogP contribution in [0.5, 0.6) is 0 Å². The van der Waals surface area contributed by atoms with E-state index in [-0.39, 0.29) is 0 Å². The second kappa shape index (κ2) is 4.31. The van der Waals surface area contributed by atoms with Crippen LogP contribution in [-0.4, -0.2) is 17.6 Å². The lowest BCUT2D eigenvalue weighted by atomic mass is 9.68. The third-order valence-corrected chi connectivity index (χ3v) is 6.12. The quantitative estimate of drug-likeness (QED) is 0.900. The fourth-order valence-corrected chi connectivity index (χ4v) is 5.11. The monoisotopic (exact) mass is 264 g/mol. The molecule has 2 nitrogen and oxygen atoms in total. The highest BCUT2D eigenvalue weighted by molar-refractivity contribution is 7.07. The van der Waals surface area contributed by atoms with Crippen molar-refractivity contribution in [2.45, 2.75) is 52.5 Å². The summed E-state index contributed by atoms with van der Waals surface area (Å²) in [5.41, 5.74) is 4.17. The lowest BCUT2D eigenvalue weighted by molar-refractivity contribution is 0.110. The van der Waals surface area contributed by atoms with E-state index in [1.807, 2.05) is 5.51 Å². The lowest BCUT2D eigenvalue weighted by Crippen LogP contribution is -2.50. The van der Waals surface area contributed by atoms with E-state index in [4.69, 9.17) is 0 Å². The number of rotatable bonds is 4. The van der Waals surface area contributed by atoms with E-state index < -0.39 is 0 Å². The van der Waals surface area contributed by atoms with E-state index >= 15 is 0 Å². The van der Waals surface area contributed by atoms with E-state index in [2.05, 4.69) is 36.5 Å². The summed E-state index contributed by atoms with van der Waals surface area (Å²) < 4.78 is 0. The van der Waals surface area contributed by atoms with Crippen LogP contribution in [0.4, 0.5) is 0 Å². The fourth-order valence-electron chi connectivity index (χ4n) is 4.52.